The molecule has 1 aliphatic rings. The maximum Gasteiger partial charge on any atom is 0.254 e. The van der Waals surface area contributed by atoms with E-state index in [0.717, 1.165) is 12.1 Å². The molecule has 0 aromatic heterocycles. The van der Waals surface area contributed by atoms with Gasteiger partial charge in [-0.3, -0.25) is 4.79 Å². The molecule has 5 heteroatoms. The average molecular weight is 209 g/mol. The van der Waals surface area contributed by atoms with Crippen LogP contribution in [0.25, 0.3) is 0 Å². The fourth-order valence-electron chi connectivity index (χ4n) is 1.42. The Morgan fingerprint density at radius 3 is 3.07 bits per heavy atom. The van der Waals surface area contributed by atoms with Gasteiger partial charge in [0.05, 0.1) is 18.3 Å². The molecule has 0 aromatic rings. The smallest absolute Gasteiger partial charge is 0.254 e. The van der Waals surface area contributed by atoms with Crippen LogP contribution in [-0.4, -0.2) is 23.8 Å². The Kier molecular flexibility index (Phi) is 3.81. The van der Waals surface area contributed by atoms with Crippen molar-refractivity contribution >= 4 is 11.6 Å². The molecule has 1 fully saturated rings. The van der Waals surface area contributed by atoms with Crippen LogP contribution in [0.4, 0.5) is 0 Å². The summed E-state index contributed by atoms with van der Waals surface area (Å²) < 4.78 is 5.50. The third-order valence-corrected chi connectivity index (χ3v) is 2.09. The number of hydrogen-bond donors (Lipinski definition) is 1. The predicted molar refractivity (Wildman–Crippen MR) is 55.1 cm³/mol. The van der Waals surface area contributed by atoms with Gasteiger partial charge in [0.15, 0.2) is 0 Å². The van der Waals surface area contributed by atoms with Gasteiger partial charge >= 0.3 is 0 Å². The first-order valence-electron chi connectivity index (χ1n) is 4.89. The molecule has 0 spiro atoms. The number of nitrogens with one attached hydrogen (secondary N) is 1. The number of nitriles is 1. The monoisotopic (exact) mass is 209 g/mol. The first kappa shape index (κ1) is 11.7. The summed E-state index contributed by atoms with van der Waals surface area (Å²) in [6, 6.07) is 1.77. The van der Waals surface area contributed by atoms with Crippen LogP contribution < -0.4 is 5.43 Å². The van der Waals surface area contributed by atoms with Crippen molar-refractivity contribution in [1.29, 1.82) is 5.26 Å². The summed E-state index contributed by atoms with van der Waals surface area (Å²) in [6.45, 7) is 4.59. The Labute approximate surface area is 89.1 Å². The van der Waals surface area contributed by atoms with Crippen LogP contribution in [0.2, 0.25) is 0 Å². The maximum atomic E-state index is 11.0. The van der Waals surface area contributed by atoms with Crippen molar-refractivity contribution in [3.8, 4) is 6.07 Å². The van der Waals surface area contributed by atoms with Gasteiger partial charge in [-0.25, -0.2) is 5.43 Å². The van der Waals surface area contributed by atoms with Crippen LogP contribution in [-0.2, 0) is 9.53 Å². The lowest BCUT2D eigenvalue weighted by atomic mass is 9.97. The van der Waals surface area contributed by atoms with Crippen LogP contribution in [0, 0.1) is 11.3 Å². The van der Waals surface area contributed by atoms with Crippen molar-refractivity contribution in [3.63, 3.8) is 0 Å². The number of hydrazone groups is 1. The van der Waals surface area contributed by atoms with Crippen molar-refractivity contribution in [3.05, 3.63) is 0 Å². The number of rotatable bonds is 2. The van der Waals surface area contributed by atoms with E-state index in [1.807, 2.05) is 13.8 Å². The van der Waals surface area contributed by atoms with Crippen molar-refractivity contribution in [2.24, 2.45) is 5.10 Å². The predicted octanol–water partition coefficient (Wildman–Crippen LogP) is 0.961. The highest BCUT2D eigenvalue weighted by atomic mass is 16.5. The molecule has 0 aliphatic carbocycles. The zero-order chi connectivity index (χ0) is 11.3. The Bertz CT molecular complexity index is 315. The SMILES string of the molecule is CC1(C)CC(=NNC(=O)CC#N)CCO1. The van der Waals surface area contributed by atoms with Gasteiger partial charge in [-0.2, -0.15) is 10.4 Å². The first-order chi connectivity index (χ1) is 7.03. The minimum absolute atomic E-state index is 0.156. The van der Waals surface area contributed by atoms with Gasteiger partial charge in [0, 0.05) is 18.6 Å². The summed E-state index contributed by atoms with van der Waals surface area (Å²) >= 11 is 0. The second-order valence-corrected chi connectivity index (χ2v) is 4.08. The highest BCUT2D eigenvalue weighted by Gasteiger charge is 2.25. The topological polar surface area (TPSA) is 74.5 Å². The van der Waals surface area contributed by atoms with E-state index in [-0.39, 0.29) is 17.9 Å². The van der Waals surface area contributed by atoms with E-state index in [4.69, 9.17) is 10.00 Å². The van der Waals surface area contributed by atoms with E-state index < -0.39 is 0 Å². The summed E-state index contributed by atoms with van der Waals surface area (Å²) in [5.74, 6) is -0.366. The van der Waals surface area contributed by atoms with E-state index in [1.165, 1.54) is 0 Å². The van der Waals surface area contributed by atoms with Gasteiger partial charge in [0.25, 0.3) is 5.91 Å². The molecule has 1 N–H and O–H groups in total. The lowest BCUT2D eigenvalue weighted by Gasteiger charge is -2.30. The second-order valence-electron chi connectivity index (χ2n) is 4.08. The Balaban J connectivity index is 2.46. The van der Waals surface area contributed by atoms with Crippen LogP contribution in [0.15, 0.2) is 5.10 Å². The molecule has 82 valence electrons. The van der Waals surface area contributed by atoms with Crippen LogP contribution in [0.5, 0.6) is 0 Å². The Morgan fingerprint density at radius 2 is 2.47 bits per heavy atom. The fourth-order valence-corrected chi connectivity index (χ4v) is 1.42. The first-order valence-corrected chi connectivity index (χ1v) is 4.89. The molecule has 1 heterocycles. The van der Waals surface area contributed by atoms with Crippen LogP contribution in [0.1, 0.15) is 33.1 Å². The average Bonchev–Trinajstić information content (AvgIpc) is 2.14. The number of hydrogen-bond acceptors (Lipinski definition) is 4. The van der Waals surface area contributed by atoms with Gasteiger partial charge in [0.2, 0.25) is 0 Å². The van der Waals surface area contributed by atoms with Gasteiger partial charge in [-0.1, -0.05) is 0 Å². The van der Waals surface area contributed by atoms with Crippen LogP contribution in [0.3, 0.4) is 0 Å². The molecular weight excluding hydrogens is 194 g/mol. The minimum Gasteiger partial charge on any atom is -0.375 e. The van der Waals surface area contributed by atoms with Gasteiger partial charge < -0.3 is 4.74 Å². The molecule has 0 aromatic carbocycles. The van der Waals surface area contributed by atoms with Gasteiger partial charge in [-0.05, 0) is 13.8 Å². The van der Waals surface area contributed by atoms with Crippen molar-refractivity contribution in [1.82, 2.24) is 5.43 Å². The Hall–Kier alpha value is -1.41. The molecule has 1 amide bonds. The summed E-state index contributed by atoms with van der Waals surface area (Å²) in [7, 11) is 0. The summed E-state index contributed by atoms with van der Waals surface area (Å²) in [5, 5.41) is 12.3. The highest BCUT2D eigenvalue weighted by Crippen LogP contribution is 2.21. The molecule has 0 bridgehead atoms. The largest absolute Gasteiger partial charge is 0.375 e. The Morgan fingerprint density at radius 1 is 1.73 bits per heavy atom. The third kappa shape index (κ3) is 4.09. The van der Waals surface area contributed by atoms with Crippen LogP contribution >= 0.6 is 0 Å². The number of carbonyl (C=O) groups excluding carboxylic acids is 1. The quantitative estimate of drug-likeness (QED) is 0.688. The molecule has 0 atom stereocenters. The molecule has 0 radical (unpaired) electrons. The number of carbonyl (C=O) groups is 1. The molecule has 1 rings (SSSR count). The highest BCUT2D eigenvalue weighted by molar-refractivity contribution is 5.87. The summed E-state index contributed by atoms with van der Waals surface area (Å²) in [5.41, 5.74) is 3.07. The normalized spacial score (nSPS) is 22.1. The zero-order valence-electron chi connectivity index (χ0n) is 9.04. The van der Waals surface area contributed by atoms with Crippen molar-refractivity contribution in [2.75, 3.05) is 6.61 Å². The molecule has 0 unspecified atom stereocenters. The van der Waals surface area contributed by atoms with E-state index in [0.29, 0.717) is 13.0 Å². The number of nitrogens with zero attached hydrogens (tertiary/aromatic N) is 2. The summed E-state index contributed by atoms with van der Waals surface area (Å²) in [4.78, 5) is 11.0. The van der Waals surface area contributed by atoms with Crippen molar-refractivity contribution < 1.29 is 9.53 Å². The van der Waals surface area contributed by atoms with Gasteiger partial charge in [0.1, 0.15) is 6.42 Å². The number of amides is 1. The van der Waals surface area contributed by atoms with E-state index in [9.17, 15) is 4.79 Å². The standard InChI is InChI=1S/C10H15N3O2/c1-10(2)7-8(4-6-15-10)12-13-9(14)3-5-11/h3-4,6-7H2,1-2H3,(H,13,14). The summed E-state index contributed by atoms with van der Waals surface area (Å²) in [6.07, 6.45) is 1.28. The lowest BCUT2D eigenvalue weighted by Crippen LogP contribution is -2.35. The second kappa shape index (κ2) is 4.89. The zero-order valence-corrected chi connectivity index (χ0v) is 9.04. The molecular formula is C10H15N3O2. The molecule has 5 nitrogen and oxygen atoms in total. The third-order valence-electron chi connectivity index (χ3n) is 2.09. The van der Waals surface area contributed by atoms with Gasteiger partial charge in [-0.15, -0.1) is 0 Å². The van der Waals surface area contributed by atoms with E-state index in [2.05, 4.69) is 10.5 Å². The van der Waals surface area contributed by atoms with E-state index >= 15 is 0 Å². The van der Waals surface area contributed by atoms with Crippen molar-refractivity contribution in [2.45, 2.75) is 38.7 Å². The maximum absolute atomic E-state index is 11.0. The molecule has 1 saturated heterocycles. The lowest BCUT2D eigenvalue weighted by molar-refractivity contribution is -0.120. The molecule has 1 aliphatic heterocycles. The van der Waals surface area contributed by atoms with E-state index in [1.54, 1.807) is 6.07 Å². The fraction of sp³-hybridized carbons (Fsp3) is 0.700. The molecule has 0 saturated carbocycles. The minimum atomic E-state index is -0.366. The number of ether oxygens (including phenoxy) is 1. The molecule has 15 heavy (non-hydrogen) atoms.